The molecule has 1 spiro atoms. The van der Waals surface area contributed by atoms with E-state index < -0.39 is 0 Å². The van der Waals surface area contributed by atoms with E-state index in [0.29, 0.717) is 0 Å². The molecule has 2 aliphatic heterocycles. The Bertz CT molecular complexity index is 218. The van der Waals surface area contributed by atoms with Crippen molar-refractivity contribution in [3.05, 3.63) is 0 Å². The minimum Gasteiger partial charge on any atom is -0.305 e. The van der Waals surface area contributed by atoms with Crippen LogP contribution in [0.25, 0.3) is 0 Å². The fraction of sp³-hybridized carbons (Fsp3) is 1.00. The molecule has 80 valence electrons. The van der Waals surface area contributed by atoms with E-state index in [1.54, 1.807) is 0 Å². The van der Waals surface area contributed by atoms with Crippen LogP contribution in [0.3, 0.4) is 0 Å². The summed E-state index contributed by atoms with van der Waals surface area (Å²) in [6.45, 7) is 7.86. The molecule has 2 saturated heterocycles. The lowest BCUT2D eigenvalue weighted by atomic mass is 9.60. The summed E-state index contributed by atoms with van der Waals surface area (Å²) < 4.78 is 0. The van der Waals surface area contributed by atoms with Gasteiger partial charge in [0.2, 0.25) is 0 Å². The van der Waals surface area contributed by atoms with Crippen LogP contribution >= 0.6 is 0 Å². The quantitative estimate of drug-likeness (QED) is 0.656. The first-order valence-corrected chi connectivity index (χ1v) is 6.13. The Labute approximate surface area is 87.3 Å². The average Bonchev–Trinajstić information content (AvgIpc) is 1.94. The van der Waals surface area contributed by atoms with E-state index in [-0.39, 0.29) is 0 Å². The Kier molecular flexibility index (Phi) is 1.94. The van der Waals surface area contributed by atoms with Gasteiger partial charge in [-0.05, 0) is 31.2 Å². The Morgan fingerprint density at radius 1 is 1.21 bits per heavy atom. The second kappa shape index (κ2) is 2.96. The Balaban J connectivity index is 1.43. The van der Waals surface area contributed by atoms with Gasteiger partial charge in [-0.1, -0.05) is 13.3 Å². The number of rotatable bonds is 2. The van der Waals surface area contributed by atoms with Gasteiger partial charge in [-0.25, -0.2) is 0 Å². The van der Waals surface area contributed by atoms with E-state index in [9.17, 15) is 0 Å². The fourth-order valence-corrected chi connectivity index (χ4v) is 3.72. The molecule has 2 heteroatoms. The van der Waals surface area contributed by atoms with Gasteiger partial charge in [-0.2, -0.15) is 0 Å². The highest BCUT2D eigenvalue weighted by molar-refractivity contribution is 5.08. The van der Waals surface area contributed by atoms with Crippen molar-refractivity contribution in [2.24, 2.45) is 11.3 Å². The van der Waals surface area contributed by atoms with Crippen molar-refractivity contribution in [2.45, 2.75) is 32.2 Å². The second-order valence-electron chi connectivity index (χ2n) is 5.96. The molecule has 0 aromatic carbocycles. The third kappa shape index (κ3) is 1.24. The first-order chi connectivity index (χ1) is 6.71. The number of hydrogen-bond acceptors (Lipinski definition) is 2. The third-order valence-electron chi connectivity index (χ3n) is 4.63. The summed E-state index contributed by atoms with van der Waals surface area (Å²) in [5.74, 6) is 1.02. The maximum atomic E-state index is 2.72. The molecule has 1 saturated carbocycles. The van der Waals surface area contributed by atoms with Crippen LogP contribution in [0, 0.1) is 11.3 Å². The minimum absolute atomic E-state index is 0.775. The molecule has 0 radical (unpaired) electrons. The lowest BCUT2D eigenvalue weighted by Gasteiger charge is -2.62. The van der Waals surface area contributed by atoms with E-state index in [1.165, 1.54) is 45.4 Å². The highest BCUT2D eigenvalue weighted by Crippen LogP contribution is 2.50. The number of hydrogen-bond donors (Lipinski definition) is 0. The molecule has 0 bridgehead atoms. The van der Waals surface area contributed by atoms with Crippen molar-refractivity contribution in [3.8, 4) is 0 Å². The van der Waals surface area contributed by atoms with Gasteiger partial charge in [-0.15, -0.1) is 0 Å². The van der Waals surface area contributed by atoms with Gasteiger partial charge in [0, 0.05) is 32.2 Å². The zero-order valence-electron chi connectivity index (χ0n) is 9.50. The largest absolute Gasteiger partial charge is 0.305 e. The van der Waals surface area contributed by atoms with Gasteiger partial charge in [0.05, 0.1) is 0 Å². The van der Waals surface area contributed by atoms with Gasteiger partial charge in [-0.3, -0.25) is 4.90 Å². The summed E-state index contributed by atoms with van der Waals surface area (Å²) >= 11 is 0. The number of nitrogens with zero attached hydrogens (tertiary/aromatic N) is 2. The molecule has 2 heterocycles. The standard InChI is InChI=1S/C12H22N2/c1-3-10-6-14(7-10)11-4-12(5-11)8-13(2)9-12/h10-11H,3-9H2,1-2H3. The lowest BCUT2D eigenvalue weighted by Crippen LogP contribution is -2.68. The van der Waals surface area contributed by atoms with E-state index >= 15 is 0 Å². The van der Waals surface area contributed by atoms with Crippen molar-refractivity contribution in [2.75, 3.05) is 33.2 Å². The molecular formula is C12H22N2. The SMILES string of the molecule is CCC1CN(C2CC3(C2)CN(C)C3)C1. The van der Waals surface area contributed by atoms with E-state index in [0.717, 1.165) is 17.4 Å². The van der Waals surface area contributed by atoms with Gasteiger partial charge in [0.1, 0.15) is 0 Å². The topological polar surface area (TPSA) is 6.48 Å². The van der Waals surface area contributed by atoms with Crippen molar-refractivity contribution >= 4 is 0 Å². The zero-order valence-corrected chi connectivity index (χ0v) is 9.50. The molecule has 3 fully saturated rings. The molecule has 14 heavy (non-hydrogen) atoms. The maximum absolute atomic E-state index is 2.72. The predicted molar refractivity (Wildman–Crippen MR) is 58.3 cm³/mol. The minimum atomic E-state index is 0.775. The molecule has 0 N–H and O–H groups in total. The molecular weight excluding hydrogens is 172 g/mol. The van der Waals surface area contributed by atoms with E-state index in [2.05, 4.69) is 23.8 Å². The molecule has 0 amide bonds. The van der Waals surface area contributed by atoms with Crippen LogP contribution in [-0.2, 0) is 0 Å². The molecule has 0 aromatic rings. The van der Waals surface area contributed by atoms with E-state index in [1.807, 2.05) is 0 Å². The summed E-state index contributed by atoms with van der Waals surface area (Å²) in [7, 11) is 2.25. The summed E-state index contributed by atoms with van der Waals surface area (Å²) in [5.41, 5.74) is 0.775. The van der Waals surface area contributed by atoms with Crippen LogP contribution in [0.1, 0.15) is 26.2 Å². The van der Waals surface area contributed by atoms with Crippen molar-refractivity contribution in [1.29, 1.82) is 0 Å². The zero-order chi connectivity index (χ0) is 9.76. The molecule has 0 atom stereocenters. The summed E-state index contributed by atoms with van der Waals surface area (Å²) in [6, 6.07) is 0.964. The number of likely N-dealkylation sites (tertiary alicyclic amines) is 2. The normalized spacial score (nSPS) is 33.9. The third-order valence-corrected chi connectivity index (χ3v) is 4.63. The smallest absolute Gasteiger partial charge is 0.0108 e. The highest BCUT2D eigenvalue weighted by Gasteiger charge is 2.53. The van der Waals surface area contributed by atoms with Crippen LogP contribution in [0.5, 0.6) is 0 Å². The first kappa shape index (κ1) is 9.17. The maximum Gasteiger partial charge on any atom is 0.0108 e. The Morgan fingerprint density at radius 3 is 2.36 bits per heavy atom. The fourth-order valence-electron chi connectivity index (χ4n) is 3.72. The predicted octanol–water partition coefficient (Wildman–Crippen LogP) is 1.42. The van der Waals surface area contributed by atoms with Gasteiger partial charge >= 0.3 is 0 Å². The Morgan fingerprint density at radius 2 is 1.86 bits per heavy atom. The van der Waals surface area contributed by atoms with Crippen LogP contribution in [-0.4, -0.2) is 49.1 Å². The molecule has 3 aliphatic rings. The molecule has 0 unspecified atom stereocenters. The highest BCUT2D eigenvalue weighted by atomic mass is 15.3. The van der Waals surface area contributed by atoms with Crippen molar-refractivity contribution < 1.29 is 0 Å². The average molecular weight is 194 g/mol. The van der Waals surface area contributed by atoms with Crippen molar-refractivity contribution in [1.82, 2.24) is 9.80 Å². The van der Waals surface area contributed by atoms with Crippen LogP contribution in [0.4, 0.5) is 0 Å². The Hall–Kier alpha value is -0.0800. The summed E-state index contributed by atoms with van der Waals surface area (Å²) in [5, 5.41) is 0. The van der Waals surface area contributed by atoms with Crippen LogP contribution < -0.4 is 0 Å². The lowest BCUT2D eigenvalue weighted by molar-refractivity contribution is -0.122. The molecule has 3 rings (SSSR count). The molecule has 1 aliphatic carbocycles. The summed E-state index contributed by atoms with van der Waals surface area (Å²) in [6.07, 6.45) is 4.37. The second-order valence-corrected chi connectivity index (χ2v) is 5.96. The first-order valence-electron chi connectivity index (χ1n) is 6.13. The van der Waals surface area contributed by atoms with Crippen molar-refractivity contribution in [3.63, 3.8) is 0 Å². The van der Waals surface area contributed by atoms with Gasteiger partial charge < -0.3 is 4.90 Å². The van der Waals surface area contributed by atoms with E-state index in [4.69, 9.17) is 0 Å². The van der Waals surface area contributed by atoms with Crippen LogP contribution in [0.15, 0.2) is 0 Å². The molecule has 2 nitrogen and oxygen atoms in total. The monoisotopic (exact) mass is 194 g/mol. The molecule has 0 aromatic heterocycles. The van der Waals surface area contributed by atoms with Gasteiger partial charge in [0.15, 0.2) is 0 Å². The summed E-state index contributed by atoms with van der Waals surface area (Å²) in [4.78, 5) is 5.18. The van der Waals surface area contributed by atoms with Crippen LogP contribution in [0.2, 0.25) is 0 Å². The van der Waals surface area contributed by atoms with Gasteiger partial charge in [0.25, 0.3) is 0 Å².